The number of hydrogen-bond donors (Lipinski definition) is 1. The molecule has 0 aliphatic rings. The van der Waals surface area contributed by atoms with Crippen LogP contribution in [0, 0.1) is 0 Å². The smallest absolute Gasteiger partial charge is 0.272 e. The number of carbonyl (C=O) groups excluding carboxylic acids is 1. The summed E-state index contributed by atoms with van der Waals surface area (Å²) in [5, 5.41) is 10.4. The van der Waals surface area contributed by atoms with Gasteiger partial charge in [0.2, 0.25) is 0 Å². The van der Waals surface area contributed by atoms with Gasteiger partial charge >= 0.3 is 0 Å². The van der Waals surface area contributed by atoms with Crippen LogP contribution >= 0.6 is 11.3 Å². The molecule has 5 rings (SSSR count). The monoisotopic (exact) mass is 425 g/mol. The number of fused-ring (bicyclic) bond motifs is 1. The van der Waals surface area contributed by atoms with Crippen molar-refractivity contribution in [2.24, 2.45) is 0 Å². The second-order valence-corrected chi connectivity index (χ2v) is 7.98. The van der Waals surface area contributed by atoms with Gasteiger partial charge in [-0.25, -0.2) is 9.67 Å². The zero-order valence-electron chi connectivity index (χ0n) is 16.6. The van der Waals surface area contributed by atoms with Crippen LogP contribution in [0.15, 0.2) is 84.5 Å². The van der Waals surface area contributed by atoms with Crippen LogP contribution < -0.4 is 5.32 Å². The lowest BCUT2D eigenvalue weighted by atomic mass is 10.1. The van der Waals surface area contributed by atoms with Crippen molar-refractivity contribution >= 4 is 28.3 Å². The summed E-state index contributed by atoms with van der Waals surface area (Å²) < 4.78 is 1.80. The minimum atomic E-state index is -0.242. The average Bonchev–Trinajstić information content (AvgIpc) is 3.48. The first-order valence-corrected chi connectivity index (χ1v) is 10.8. The molecule has 0 bridgehead atoms. The molecule has 6 nitrogen and oxygen atoms in total. The summed E-state index contributed by atoms with van der Waals surface area (Å²) in [5.41, 5.74) is 3.91. The third-order valence-corrected chi connectivity index (χ3v) is 5.87. The fraction of sp³-hybridized carbons (Fsp3) is 0.0833. The van der Waals surface area contributed by atoms with Crippen molar-refractivity contribution in [3.8, 4) is 10.4 Å². The van der Waals surface area contributed by atoms with Crippen LogP contribution in [0.3, 0.4) is 0 Å². The summed E-state index contributed by atoms with van der Waals surface area (Å²) in [7, 11) is 0. The molecular weight excluding hydrogens is 406 g/mol. The molecule has 7 heteroatoms. The van der Waals surface area contributed by atoms with Crippen molar-refractivity contribution in [2.45, 2.75) is 13.1 Å². The molecule has 0 radical (unpaired) electrons. The zero-order valence-corrected chi connectivity index (χ0v) is 17.4. The predicted octanol–water partition coefficient (Wildman–Crippen LogP) is 4.53. The molecule has 0 unspecified atom stereocenters. The second kappa shape index (κ2) is 8.49. The Morgan fingerprint density at radius 1 is 0.935 bits per heavy atom. The van der Waals surface area contributed by atoms with Gasteiger partial charge in [0.25, 0.3) is 5.91 Å². The molecular formula is C24H19N5OS. The third-order valence-electron chi connectivity index (χ3n) is 4.97. The number of aromatic nitrogens is 4. The molecule has 0 saturated heterocycles. The van der Waals surface area contributed by atoms with Gasteiger partial charge in [-0.3, -0.25) is 9.78 Å². The maximum Gasteiger partial charge on any atom is 0.272 e. The first kappa shape index (κ1) is 19.1. The lowest BCUT2D eigenvalue weighted by molar-refractivity contribution is 0.0946. The van der Waals surface area contributed by atoms with E-state index in [0.29, 0.717) is 24.4 Å². The number of nitrogens with one attached hydrogen (secondary N) is 1. The first-order chi connectivity index (χ1) is 15.3. The molecule has 1 N–H and O–H groups in total. The van der Waals surface area contributed by atoms with Gasteiger partial charge in [0.1, 0.15) is 0 Å². The fourth-order valence-electron chi connectivity index (χ4n) is 3.52. The van der Waals surface area contributed by atoms with Crippen LogP contribution in [0.5, 0.6) is 0 Å². The van der Waals surface area contributed by atoms with Crippen LogP contribution in [0.2, 0.25) is 0 Å². The number of rotatable bonds is 6. The Morgan fingerprint density at radius 2 is 1.81 bits per heavy atom. The summed E-state index contributed by atoms with van der Waals surface area (Å²) in [4.78, 5) is 23.1. The molecule has 152 valence electrons. The Bertz CT molecular complexity index is 1310. The molecule has 1 amide bonds. The van der Waals surface area contributed by atoms with Gasteiger partial charge in [-0.15, -0.1) is 11.3 Å². The van der Waals surface area contributed by atoms with Crippen molar-refractivity contribution in [1.29, 1.82) is 0 Å². The number of pyridine rings is 2. The van der Waals surface area contributed by atoms with Crippen molar-refractivity contribution in [3.63, 3.8) is 0 Å². The van der Waals surface area contributed by atoms with Crippen LogP contribution in [0.4, 0.5) is 0 Å². The predicted molar refractivity (Wildman–Crippen MR) is 122 cm³/mol. The molecule has 0 aliphatic heterocycles. The van der Waals surface area contributed by atoms with Crippen molar-refractivity contribution in [2.75, 3.05) is 0 Å². The van der Waals surface area contributed by atoms with E-state index in [4.69, 9.17) is 5.10 Å². The van der Waals surface area contributed by atoms with Gasteiger partial charge in [0.15, 0.2) is 11.3 Å². The van der Waals surface area contributed by atoms with Gasteiger partial charge in [0.05, 0.1) is 24.2 Å². The number of nitrogens with zero attached hydrogens (tertiary/aromatic N) is 4. The van der Waals surface area contributed by atoms with E-state index in [1.54, 1.807) is 28.4 Å². The maximum absolute atomic E-state index is 13.2. The normalized spacial score (nSPS) is 11.0. The van der Waals surface area contributed by atoms with E-state index in [2.05, 4.69) is 15.3 Å². The van der Waals surface area contributed by atoms with Crippen molar-refractivity contribution in [3.05, 3.63) is 101 Å². The number of benzene rings is 1. The molecule has 31 heavy (non-hydrogen) atoms. The third kappa shape index (κ3) is 3.95. The lowest BCUT2D eigenvalue weighted by Gasteiger charge is -2.05. The highest BCUT2D eigenvalue weighted by atomic mass is 32.1. The Labute approximate surface area is 183 Å². The Morgan fingerprint density at radius 3 is 2.58 bits per heavy atom. The minimum Gasteiger partial charge on any atom is -0.345 e. The van der Waals surface area contributed by atoms with Gasteiger partial charge in [0, 0.05) is 22.8 Å². The highest BCUT2D eigenvalue weighted by Crippen LogP contribution is 2.33. The first-order valence-electron chi connectivity index (χ1n) is 9.91. The zero-order chi connectivity index (χ0) is 21.0. The van der Waals surface area contributed by atoms with E-state index in [9.17, 15) is 4.79 Å². The summed E-state index contributed by atoms with van der Waals surface area (Å²) in [6, 6.07) is 21.7. The standard InChI is InChI=1S/C24H19N5OS/c30-24(27-15-18-9-4-5-12-25-18)22-21-19(20-10-6-14-31-20)11-13-26-23(21)29(28-22)16-17-7-2-1-3-8-17/h1-14H,15-16H2,(H,27,30). The van der Waals surface area contributed by atoms with Crippen LogP contribution in [-0.4, -0.2) is 25.7 Å². The SMILES string of the molecule is O=C(NCc1ccccn1)c1nn(Cc2ccccc2)c2nccc(-c3cccs3)c12. The van der Waals surface area contributed by atoms with Crippen LogP contribution in [0.1, 0.15) is 21.7 Å². The number of carbonyl (C=O) groups is 1. The van der Waals surface area contributed by atoms with Gasteiger partial charge in [-0.1, -0.05) is 42.5 Å². The summed E-state index contributed by atoms with van der Waals surface area (Å²) in [6.07, 6.45) is 3.49. The van der Waals surface area contributed by atoms with Crippen LogP contribution in [0.25, 0.3) is 21.5 Å². The Balaban J connectivity index is 1.57. The average molecular weight is 426 g/mol. The number of thiophene rings is 1. The van der Waals surface area contributed by atoms with Crippen molar-refractivity contribution < 1.29 is 4.79 Å². The fourth-order valence-corrected chi connectivity index (χ4v) is 4.28. The maximum atomic E-state index is 13.2. The Hall–Kier alpha value is -3.84. The Kier molecular flexibility index (Phi) is 5.24. The summed E-state index contributed by atoms with van der Waals surface area (Å²) in [5.74, 6) is -0.242. The van der Waals surface area contributed by atoms with E-state index in [-0.39, 0.29) is 5.91 Å². The molecule has 1 aromatic carbocycles. The molecule has 4 heterocycles. The second-order valence-electron chi connectivity index (χ2n) is 7.03. The van der Waals surface area contributed by atoms with Gasteiger partial charge < -0.3 is 5.32 Å². The number of hydrogen-bond acceptors (Lipinski definition) is 5. The lowest BCUT2D eigenvalue weighted by Crippen LogP contribution is -2.24. The molecule has 0 saturated carbocycles. The molecule has 0 fully saturated rings. The summed E-state index contributed by atoms with van der Waals surface area (Å²) in [6.45, 7) is 0.868. The van der Waals surface area contributed by atoms with Gasteiger partial charge in [-0.2, -0.15) is 5.10 Å². The quantitative estimate of drug-likeness (QED) is 0.434. The van der Waals surface area contributed by atoms with E-state index >= 15 is 0 Å². The van der Waals surface area contributed by atoms with Crippen LogP contribution in [-0.2, 0) is 13.1 Å². The highest BCUT2D eigenvalue weighted by Gasteiger charge is 2.22. The molecule has 0 spiro atoms. The minimum absolute atomic E-state index is 0.242. The van der Waals surface area contributed by atoms with Gasteiger partial charge in [-0.05, 0) is 35.2 Å². The summed E-state index contributed by atoms with van der Waals surface area (Å²) >= 11 is 1.63. The molecule has 0 aliphatic carbocycles. The molecule has 5 aromatic rings. The largest absolute Gasteiger partial charge is 0.345 e. The highest BCUT2D eigenvalue weighted by molar-refractivity contribution is 7.13. The van der Waals surface area contributed by atoms with E-state index in [0.717, 1.165) is 27.1 Å². The van der Waals surface area contributed by atoms with Crippen molar-refractivity contribution in [1.82, 2.24) is 25.1 Å². The number of amides is 1. The van der Waals surface area contributed by atoms with E-state index in [1.807, 2.05) is 72.1 Å². The van der Waals surface area contributed by atoms with E-state index < -0.39 is 0 Å². The van der Waals surface area contributed by atoms with E-state index in [1.165, 1.54) is 0 Å². The molecule has 4 aromatic heterocycles. The topological polar surface area (TPSA) is 72.7 Å². The molecule has 0 atom stereocenters.